The summed E-state index contributed by atoms with van der Waals surface area (Å²) in [6, 6.07) is 0. The summed E-state index contributed by atoms with van der Waals surface area (Å²) in [6.07, 6.45) is 7.44. The van der Waals surface area contributed by atoms with Gasteiger partial charge in [-0.1, -0.05) is 19.9 Å². The Morgan fingerprint density at radius 3 is 2.80 bits per heavy atom. The summed E-state index contributed by atoms with van der Waals surface area (Å²) < 4.78 is 0. The highest BCUT2D eigenvalue weighted by Crippen LogP contribution is 2.04. The molecule has 0 aliphatic heterocycles. The van der Waals surface area contributed by atoms with Crippen molar-refractivity contribution in [1.82, 2.24) is 0 Å². The van der Waals surface area contributed by atoms with Gasteiger partial charge >= 0.3 is 0 Å². The Kier molecular flexibility index (Phi) is 5.91. The summed E-state index contributed by atoms with van der Waals surface area (Å²) in [6.45, 7) is 8.04. The van der Waals surface area contributed by atoms with Crippen LogP contribution in [0, 0.1) is 0 Å². The Labute approximate surface area is 64.0 Å². The Balaban J connectivity index is 3.54. The number of rotatable bonds is 4. The van der Waals surface area contributed by atoms with Gasteiger partial charge in [-0.2, -0.15) is 0 Å². The lowest BCUT2D eigenvalue weighted by molar-refractivity contribution is 0.799. The van der Waals surface area contributed by atoms with E-state index in [1.165, 1.54) is 18.4 Å². The van der Waals surface area contributed by atoms with Gasteiger partial charge in [0.25, 0.3) is 0 Å². The molecule has 0 amide bonds. The lowest BCUT2D eigenvalue weighted by Crippen LogP contribution is -1.74. The van der Waals surface area contributed by atoms with Gasteiger partial charge in [0.1, 0.15) is 0 Å². The lowest BCUT2D eigenvalue weighted by atomic mass is 10.1. The largest absolute Gasteiger partial charge is 0.125 e. The van der Waals surface area contributed by atoms with Gasteiger partial charge in [-0.25, -0.2) is 0 Å². The first-order chi connectivity index (χ1) is 4.81. The molecule has 10 heavy (non-hydrogen) atoms. The van der Waals surface area contributed by atoms with E-state index >= 15 is 0 Å². The SMILES string of the molecule is C=C(C=C=CC)CCCC. The van der Waals surface area contributed by atoms with Crippen LogP contribution >= 0.6 is 0 Å². The predicted molar refractivity (Wildman–Crippen MR) is 47.0 cm³/mol. The Hall–Kier alpha value is -0.740. The first kappa shape index (κ1) is 9.26. The minimum atomic E-state index is 1.11. The van der Waals surface area contributed by atoms with Crippen LogP contribution in [0.1, 0.15) is 33.1 Å². The molecular weight excluding hydrogens is 120 g/mol. The van der Waals surface area contributed by atoms with Crippen molar-refractivity contribution < 1.29 is 0 Å². The monoisotopic (exact) mass is 136 g/mol. The normalized spacial score (nSPS) is 8.20. The van der Waals surface area contributed by atoms with Gasteiger partial charge in [0.15, 0.2) is 0 Å². The molecule has 0 aliphatic rings. The van der Waals surface area contributed by atoms with Crippen LogP contribution in [-0.2, 0) is 0 Å². The highest BCUT2D eigenvalue weighted by Gasteiger charge is 1.85. The van der Waals surface area contributed by atoms with E-state index in [9.17, 15) is 0 Å². The van der Waals surface area contributed by atoms with Crippen molar-refractivity contribution in [3.05, 3.63) is 30.0 Å². The van der Waals surface area contributed by atoms with Crippen LogP contribution in [0.4, 0.5) is 0 Å². The van der Waals surface area contributed by atoms with Crippen molar-refractivity contribution in [3.8, 4) is 0 Å². The number of hydrogen-bond acceptors (Lipinski definition) is 0. The average Bonchev–Trinajstić information content (AvgIpc) is 1.97. The molecule has 0 aromatic rings. The third kappa shape index (κ3) is 5.40. The Morgan fingerprint density at radius 1 is 1.60 bits per heavy atom. The van der Waals surface area contributed by atoms with Gasteiger partial charge in [0.2, 0.25) is 0 Å². The van der Waals surface area contributed by atoms with Crippen LogP contribution < -0.4 is 0 Å². The van der Waals surface area contributed by atoms with E-state index < -0.39 is 0 Å². The number of allylic oxidation sites excluding steroid dienone is 2. The zero-order chi connectivity index (χ0) is 7.82. The fraction of sp³-hybridized carbons (Fsp3) is 0.500. The van der Waals surface area contributed by atoms with Gasteiger partial charge in [-0.3, -0.25) is 0 Å². The van der Waals surface area contributed by atoms with Gasteiger partial charge in [-0.15, -0.1) is 5.73 Å². The van der Waals surface area contributed by atoms with Crippen molar-refractivity contribution in [2.45, 2.75) is 33.1 Å². The highest BCUT2D eigenvalue weighted by molar-refractivity contribution is 5.13. The summed E-state index contributed by atoms with van der Waals surface area (Å²) in [5.74, 6) is 0. The molecular formula is C10H16. The summed E-state index contributed by atoms with van der Waals surface area (Å²) in [4.78, 5) is 0. The van der Waals surface area contributed by atoms with Gasteiger partial charge in [-0.05, 0) is 37.5 Å². The molecule has 0 aliphatic carbocycles. The first-order valence-corrected chi connectivity index (χ1v) is 3.86. The Bertz CT molecular complexity index is 145. The molecule has 0 unspecified atom stereocenters. The van der Waals surface area contributed by atoms with Crippen molar-refractivity contribution >= 4 is 0 Å². The molecule has 56 valence electrons. The van der Waals surface area contributed by atoms with Gasteiger partial charge in [0.05, 0.1) is 0 Å². The first-order valence-electron chi connectivity index (χ1n) is 3.86. The van der Waals surface area contributed by atoms with Gasteiger partial charge < -0.3 is 0 Å². The maximum Gasteiger partial charge on any atom is -0.0177 e. The average molecular weight is 136 g/mol. The standard InChI is InChI=1S/C10H16/c1-4-6-8-10(3)9-7-5-2/h4,8H,3,5,7,9H2,1-2H3. The quantitative estimate of drug-likeness (QED) is 0.410. The Morgan fingerprint density at radius 2 is 2.30 bits per heavy atom. The van der Waals surface area contributed by atoms with Crippen molar-refractivity contribution in [1.29, 1.82) is 0 Å². The topological polar surface area (TPSA) is 0 Å². The molecule has 0 aromatic carbocycles. The maximum absolute atomic E-state index is 3.89. The fourth-order valence-electron chi connectivity index (χ4n) is 0.677. The van der Waals surface area contributed by atoms with Crippen LogP contribution in [0.2, 0.25) is 0 Å². The van der Waals surface area contributed by atoms with Crippen molar-refractivity contribution in [2.75, 3.05) is 0 Å². The molecule has 0 nitrogen and oxygen atoms in total. The van der Waals surface area contributed by atoms with Gasteiger partial charge in [0, 0.05) is 0 Å². The van der Waals surface area contributed by atoms with Crippen molar-refractivity contribution in [2.24, 2.45) is 0 Å². The number of hydrogen-bond donors (Lipinski definition) is 0. The highest BCUT2D eigenvalue weighted by atomic mass is 13.9. The van der Waals surface area contributed by atoms with E-state index in [2.05, 4.69) is 19.2 Å². The molecule has 0 spiro atoms. The predicted octanol–water partition coefficient (Wildman–Crippen LogP) is 3.46. The zero-order valence-corrected chi connectivity index (χ0v) is 6.98. The molecule has 0 fully saturated rings. The van der Waals surface area contributed by atoms with E-state index in [-0.39, 0.29) is 0 Å². The van der Waals surface area contributed by atoms with Crippen LogP contribution in [-0.4, -0.2) is 0 Å². The lowest BCUT2D eigenvalue weighted by Gasteiger charge is -1.93. The molecule has 0 saturated heterocycles. The van der Waals surface area contributed by atoms with Crippen molar-refractivity contribution in [3.63, 3.8) is 0 Å². The second-order valence-corrected chi connectivity index (χ2v) is 2.36. The molecule has 0 radical (unpaired) electrons. The maximum atomic E-state index is 3.89. The molecule has 0 saturated carbocycles. The summed E-state index contributed by atoms with van der Waals surface area (Å²) >= 11 is 0. The van der Waals surface area contributed by atoms with E-state index in [1.54, 1.807) is 0 Å². The van der Waals surface area contributed by atoms with E-state index in [4.69, 9.17) is 0 Å². The van der Waals surface area contributed by atoms with Crippen LogP contribution in [0.15, 0.2) is 30.0 Å². The third-order valence-corrected chi connectivity index (χ3v) is 1.31. The van der Waals surface area contributed by atoms with Crippen LogP contribution in [0.3, 0.4) is 0 Å². The molecule has 0 rings (SSSR count). The summed E-state index contributed by atoms with van der Waals surface area (Å²) in [5.41, 5.74) is 4.19. The molecule has 0 heterocycles. The summed E-state index contributed by atoms with van der Waals surface area (Å²) in [7, 11) is 0. The molecule has 0 atom stereocenters. The van der Waals surface area contributed by atoms with Crippen LogP contribution in [0.5, 0.6) is 0 Å². The van der Waals surface area contributed by atoms with E-state index in [1.807, 2.05) is 19.1 Å². The summed E-state index contributed by atoms with van der Waals surface area (Å²) in [5, 5.41) is 0. The molecule has 0 aromatic heterocycles. The fourth-order valence-corrected chi connectivity index (χ4v) is 0.677. The molecule has 0 bridgehead atoms. The van der Waals surface area contributed by atoms with Crippen LogP contribution in [0.25, 0.3) is 0 Å². The zero-order valence-electron chi connectivity index (χ0n) is 6.98. The smallest absolute Gasteiger partial charge is 0.0177 e. The minimum Gasteiger partial charge on any atom is -0.125 e. The second kappa shape index (κ2) is 6.38. The number of unbranched alkanes of at least 4 members (excludes halogenated alkanes) is 1. The second-order valence-electron chi connectivity index (χ2n) is 2.36. The minimum absolute atomic E-state index is 1.11. The molecule has 0 heteroatoms. The third-order valence-electron chi connectivity index (χ3n) is 1.31. The molecule has 0 N–H and O–H groups in total. The van der Waals surface area contributed by atoms with E-state index in [0.29, 0.717) is 0 Å². The van der Waals surface area contributed by atoms with E-state index in [0.717, 1.165) is 6.42 Å².